The molecule has 2 fully saturated rings. The van der Waals surface area contributed by atoms with Gasteiger partial charge in [-0.15, -0.1) is 0 Å². The maximum atomic E-state index is 11.7. The number of ether oxygens (including phenoxy) is 1. The molecular weight excluding hydrogens is 478 g/mol. The molecule has 1 aromatic rings. The van der Waals surface area contributed by atoms with Crippen LogP contribution >= 0.6 is 0 Å². The fraction of sp³-hybridized carbons (Fsp3) is 0.710. The zero-order valence-corrected chi connectivity index (χ0v) is 25.4. The van der Waals surface area contributed by atoms with Crippen molar-refractivity contribution < 1.29 is 19.1 Å². The van der Waals surface area contributed by atoms with Crippen molar-refractivity contribution >= 4 is 23.6 Å². The molecule has 0 spiro atoms. The summed E-state index contributed by atoms with van der Waals surface area (Å²) in [6.07, 6.45) is 6.26. The second-order valence-electron chi connectivity index (χ2n) is 11.9. The Kier molecular flexibility index (Phi) is 14.4. The monoisotopic (exact) mass is 531 g/mol. The molecule has 2 aliphatic heterocycles. The van der Waals surface area contributed by atoms with Gasteiger partial charge in [0.25, 0.3) is 0 Å². The van der Waals surface area contributed by atoms with Gasteiger partial charge in [0.2, 0.25) is 11.8 Å². The minimum atomic E-state index is -0.376. The molecule has 2 N–H and O–H groups in total. The first-order chi connectivity index (χ1) is 17.8. The topological polar surface area (TPSA) is 87.7 Å². The number of rotatable bonds is 5. The molecule has 3 rings (SSSR count). The molecule has 0 saturated carbocycles. The Balaban J connectivity index is 0.000000341. The lowest BCUT2D eigenvalue weighted by Crippen LogP contribution is -2.47. The average molecular weight is 532 g/mol. The summed E-state index contributed by atoms with van der Waals surface area (Å²) in [5, 5.41) is 5.57. The van der Waals surface area contributed by atoms with E-state index in [0.717, 1.165) is 56.3 Å². The van der Waals surface area contributed by atoms with E-state index in [0.29, 0.717) is 12.8 Å². The quantitative estimate of drug-likeness (QED) is 0.411. The Morgan fingerprint density at radius 2 is 1.61 bits per heavy atom. The molecule has 2 saturated heterocycles. The molecule has 7 nitrogen and oxygen atoms in total. The first kappa shape index (κ1) is 33.5. The van der Waals surface area contributed by atoms with E-state index in [4.69, 9.17) is 4.74 Å². The van der Waals surface area contributed by atoms with Crippen molar-refractivity contribution in [2.45, 2.75) is 119 Å². The second kappa shape index (κ2) is 16.4. The predicted octanol–water partition coefficient (Wildman–Crippen LogP) is 6.73. The predicted molar refractivity (Wildman–Crippen MR) is 156 cm³/mol. The molecule has 1 unspecified atom stereocenters. The number of benzene rings is 1. The van der Waals surface area contributed by atoms with E-state index in [9.17, 15) is 14.4 Å². The SMILES string of the molecule is CC(C)C.CCC1CCN(C(=O)OC(C)(C)C)CC1.CCc1ccc(NC2CCC(=O)NC2=O)cc1CC. The van der Waals surface area contributed by atoms with Gasteiger partial charge in [-0.2, -0.15) is 0 Å². The summed E-state index contributed by atoms with van der Waals surface area (Å²) >= 11 is 0. The highest BCUT2D eigenvalue weighted by Crippen LogP contribution is 2.22. The number of imide groups is 1. The van der Waals surface area contributed by atoms with E-state index < -0.39 is 0 Å². The summed E-state index contributed by atoms with van der Waals surface area (Å²) in [5.74, 6) is 1.22. The van der Waals surface area contributed by atoms with Crippen molar-refractivity contribution in [3.63, 3.8) is 0 Å². The van der Waals surface area contributed by atoms with Crippen molar-refractivity contribution in [2.24, 2.45) is 11.8 Å². The van der Waals surface area contributed by atoms with Gasteiger partial charge in [0.05, 0.1) is 0 Å². The molecule has 3 amide bonds. The van der Waals surface area contributed by atoms with E-state index in [1.165, 1.54) is 17.5 Å². The molecule has 1 aromatic carbocycles. The first-order valence-corrected chi connectivity index (χ1v) is 14.5. The van der Waals surface area contributed by atoms with Gasteiger partial charge in [0.1, 0.15) is 11.6 Å². The Morgan fingerprint density at radius 3 is 2.08 bits per heavy atom. The van der Waals surface area contributed by atoms with Gasteiger partial charge in [-0.3, -0.25) is 14.9 Å². The summed E-state index contributed by atoms with van der Waals surface area (Å²) in [7, 11) is 0. The van der Waals surface area contributed by atoms with Crippen LogP contribution in [0.2, 0.25) is 0 Å². The Bertz CT molecular complexity index is 881. The van der Waals surface area contributed by atoms with Crippen molar-refractivity contribution in [3.8, 4) is 0 Å². The number of anilines is 1. The van der Waals surface area contributed by atoms with E-state index in [2.05, 4.69) is 64.3 Å². The van der Waals surface area contributed by atoms with Crippen LogP contribution in [0.1, 0.15) is 106 Å². The molecule has 38 heavy (non-hydrogen) atoms. The van der Waals surface area contributed by atoms with Gasteiger partial charge in [-0.05, 0) is 88.0 Å². The van der Waals surface area contributed by atoms with Crippen molar-refractivity contribution in [1.29, 1.82) is 0 Å². The van der Waals surface area contributed by atoms with Gasteiger partial charge in [0, 0.05) is 25.2 Å². The molecule has 1 atom stereocenters. The fourth-order valence-electron chi connectivity index (χ4n) is 4.27. The molecule has 2 aliphatic rings. The number of hydrogen-bond acceptors (Lipinski definition) is 5. The Labute approximate surface area is 231 Å². The van der Waals surface area contributed by atoms with Gasteiger partial charge < -0.3 is 15.0 Å². The zero-order valence-electron chi connectivity index (χ0n) is 25.4. The third kappa shape index (κ3) is 12.8. The number of hydrogen-bond donors (Lipinski definition) is 2. The molecule has 0 bridgehead atoms. The van der Waals surface area contributed by atoms with Crippen LogP contribution in [0.25, 0.3) is 0 Å². The number of piperidine rings is 2. The normalized spacial score (nSPS) is 18.1. The number of likely N-dealkylation sites (tertiary alicyclic amines) is 1. The summed E-state index contributed by atoms with van der Waals surface area (Å²) in [6, 6.07) is 5.90. The minimum Gasteiger partial charge on any atom is -0.444 e. The van der Waals surface area contributed by atoms with Crippen LogP contribution < -0.4 is 10.6 Å². The van der Waals surface area contributed by atoms with E-state index >= 15 is 0 Å². The van der Waals surface area contributed by atoms with E-state index in [1.807, 2.05) is 31.7 Å². The van der Waals surface area contributed by atoms with Crippen LogP contribution in [-0.2, 0) is 27.2 Å². The second-order valence-corrected chi connectivity index (χ2v) is 11.9. The van der Waals surface area contributed by atoms with Gasteiger partial charge >= 0.3 is 6.09 Å². The largest absolute Gasteiger partial charge is 0.444 e. The summed E-state index contributed by atoms with van der Waals surface area (Å²) in [5.41, 5.74) is 3.22. The van der Waals surface area contributed by atoms with Crippen LogP contribution in [0.15, 0.2) is 18.2 Å². The number of amides is 3. The number of aryl methyl sites for hydroxylation is 2. The fourth-order valence-corrected chi connectivity index (χ4v) is 4.27. The third-order valence-corrected chi connectivity index (χ3v) is 6.39. The van der Waals surface area contributed by atoms with E-state index in [1.54, 1.807) is 0 Å². The summed E-state index contributed by atoms with van der Waals surface area (Å²) in [4.78, 5) is 36.3. The van der Waals surface area contributed by atoms with Crippen LogP contribution in [0, 0.1) is 11.8 Å². The number of nitrogens with one attached hydrogen (secondary N) is 2. The van der Waals surface area contributed by atoms with Gasteiger partial charge in [-0.25, -0.2) is 4.79 Å². The highest BCUT2D eigenvalue weighted by molar-refractivity contribution is 6.01. The third-order valence-electron chi connectivity index (χ3n) is 6.39. The molecule has 2 heterocycles. The molecular formula is C31H53N3O4. The maximum Gasteiger partial charge on any atom is 0.410 e. The number of carbonyl (C=O) groups is 3. The Hall–Kier alpha value is -2.57. The first-order valence-electron chi connectivity index (χ1n) is 14.5. The molecule has 0 radical (unpaired) electrons. The van der Waals surface area contributed by atoms with Gasteiger partial charge in [0.15, 0.2) is 0 Å². The van der Waals surface area contributed by atoms with Crippen molar-refractivity contribution in [3.05, 3.63) is 29.3 Å². The van der Waals surface area contributed by atoms with E-state index in [-0.39, 0.29) is 29.6 Å². The van der Waals surface area contributed by atoms with Crippen molar-refractivity contribution in [2.75, 3.05) is 18.4 Å². The summed E-state index contributed by atoms with van der Waals surface area (Å²) in [6.45, 7) is 20.4. The number of carbonyl (C=O) groups excluding carboxylic acids is 3. The molecule has 0 aliphatic carbocycles. The zero-order chi connectivity index (χ0) is 28.9. The van der Waals surface area contributed by atoms with Crippen LogP contribution in [0.5, 0.6) is 0 Å². The van der Waals surface area contributed by atoms with Crippen LogP contribution in [0.4, 0.5) is 10.5 Å². The highest BCUT2D eigenvalue weighted by Gasteiger charge is 2.27. The van der Waals surface area contributed by atoms with Crippen molar-refractivity contribution in [1.82, 2.24) is 10.2 Å². The molecule has 216 valence electrons. The molecule has 0 aromatic heterocycles. The average Bonchev–Trinajstić information content (AvgIpc) is 2.84. The smallest absolute Gasteiger partial charge is 0.410 e. The highest BCUT2D eigenvalue weighted by atomic mass is 16.6. The molecule has 7 heteroatoms. The van der Waals surface area contributed by atoms with Crippen LogP contribution in [0.3, 0.4) is 0 Å². The standard InChI is InChI=1S/C15H20N2O2.C12H23NO2.C4H10/c1-3-10-5-6-12(9-11(10)4-2)16-13-7-8-14(18)17-15(13)19;1-5-10-6-8-13(9-7-10)11(14)15-12(2,3)4;1-4(2)3/h5-6,9,13,16H,3-4,7-8H2,1-2H3,(H,17,18,19);10H,5-9H2,1-4H3;4H,1-3H3. The number of nitrogens with zero attached hydrogens (tertiary/aromatic N) is 1. The van der Waals surface area contributed by atoms with Crippen LogP contribution in [-0.4, -0.2) is 47.5 Å². The lowest BCUT2D eigenvalue weighted by Gasteiger charge is -2.33. The minimum absolute atomic E-state index is 0.156. The Morgan fingerprint density at radius 1 is 1.03 bits per heavy atom. The van der Waals surface area contributed by atoms with Gasteiger partial charge in [-0.1, -0.05) is 54.0 Å². The summed E-state index contributed by atoms with van der Waals surface area (Å²) < 4.78 is 5.33. The maximum absolute atomic E-state index is 11.7. The lowest BCUT2D eigenvalue weighted by atomic mass is 9.95. The lowest BCUT2D eigenvalue weighted by molar-refractivity contribution is -0.133.